The summed E-state index contributed by atoms with van der Waals surface area (Å²) in [6.07, 6.45) is 1.32. The molecular weight excluding hydrogens is 292 g/mol. The van der Waals surface area contributed by atoms with Crippen molar-refractivity contribution >= 4 is 5.97 Å². The second-order valence-corrected chi connectivity index (χ2v) is 4.83. The van der Waals surface area contributed by atoms with Crippen LogP contribution in [0.4, 0.5) is 0 Å². The quantitative estimate of drug-likeness (QED) is 0.438. The summed E-state index contributed by atoms with van der Waals surface area (Å²) in [4.78, 5) is 11.4. The van der Waals surface area contributed by atoms with Gasteiger partial charge in [0.1, 0.15) is 12.4 Å². The third-order valence-corrected chi connectivity index (χ3v) is 2.96. The van der Waals surface area contributed by atoms with E-state index in [9.17, 15) is 4.79 Å². The molecule has 0 spiro atoms. The fourth-order valence-corrected chi connectivity index (χ4v) is 1.94. The van der Waals surface area contributed by atoms with Crippen LogP contribution in [0.3, 0.4) is 0 Å². The van der Waals surface area contributed by atoms with Crippen molar-refractivity contribution in [3.8, 4) is 11.5 Å². The molecule has 4 heteroatoms. The van der Waals surface area contributed by atoms with E-state index in [4.69, 9.17) is 14.2 Å². The third kappa shape index (κ3) is 5.51. The highest BCUT2D eigenvalue weighted by molar-refractivity contribution is 5.82. The first kappa shape index (κ1) is 16.6. The van der Waals surface area contributed by atoms with Crippen molar-refractivity contribution < 1.29 is 19.0 Å². The molecule has 0 aliphatic carbocycles. The summed E-state index contributed by atoms with van der Waals surface area (Å²) < 4.78 is 16.4. The van der Waals surface area contributed by atoms with Gasteiger partial charge >= 0.3 is 5.97 Å². The van der Waals surface area contributed by atoms with Gasteiger partial charge in [0.2, 0.25) is 0 Å². The predicted molar refractivity (Wildman–Crippen MR) is 88.2 cm³/mol. The van der Waals surface area contributed by atoms with Gasteiger partial charge in [0, 0.05) is 0 Å². The number of carbonyl (C=O) groups excluding carboxylic acids is 1. The molecule has 0 saturated heterocycles. The Hall–Kier alpha value is -2.75. The lowest BCUT2D eigenvalue weighted by molar-refractivity contribution is -0.137. The molecule has 0 aliphatic heterocycles. The molecule has 0 bridgehead atoms. The number of ether oxygens (including phenoxy) is 3. The fraction of sp³-hybridized carbons (Fsp3) is 0.211. The molecule has 0 unspecified atom stereocenters. The summed E-state index contributed by atoms with van der Waals surface area (Å²) in [5, 5.41) is 0. The van der Waals surface area contributed by atoms with Crippen LogP contribution in [0.5, 0.6) is 11.5 Å². The maximum absolute atomic E-state index is 11.4. The second kappa shape index (κ2) is 8.63. The van der Waals surface area contributed by atoms with Gasteiger partial charge in [0.15, 0.2) is 11.5 Å². The zero-order valence-corrected chi connectivity index (χ0v) is 13.3. The van der Waals surface area contributed by atoms with Crippen LogP contribution in [0.25, 0.3) is 0 Å². The van der Waals surface area contributed by atoms with Gasteiger partial charge in [-0.15, -0.1) is 0 Å². The SMILES string of the molecule is CCOC(=O)C=C(C)Oc1ccccc1OCc1ccccc1. The molecule has 0 heterocycles. The molecular formula is C19H20O4. The highest BCUT2D eigenvalue weighted by atomic mass is 16.5. The minimum Gasteiger partial charge on any atom is -0.485 e. The summed E-state index contributed by atoms with van der Waals surface area (Å²) in [6, 6.07) is 17.2. The number of carbonyl (C=O) groups is 1. The van der Waals surface area contributed by atoms with Crippen LogP contribution >= 0.6 is 0 Å². The summed E-state index contributed by atoms with van der Waals surface area (Å²) in [7, 11) is 0. The predicted octanol–water partition coefficient (Wildman–Crippen LogP) is 4.11. The first-order valence-corrected chi connectivity index (χ1v) is 7.47. The summed E-state index contributed by atoms with van der Waals surface area (Å²) in [6.45, 7) is 4.24. The lowest BCUT2D eigenvalue weighted by Crippen LogP contribution is -2.03. The van der Waals surface area contributed by atoms with Crippen LogP contribution in [-0.2, 0) is 16.1 Å². The Balaban J connectivity index is 2.04. The number of esters is 1. The molecule has 0 fully saturated rings. The Morgan fingerprint density at radius 2 is 1.65 bits per heavy atom. The maximum Gasteiger partial charge on any atom is 0.334 e. The number of allylic oxidation sites excluding steroid dienone is 1. The Kier molecular flexibility index (Phi) is 6.24. The number of rotatable bonds is 7. The zero-order chi connectivity index (χ0) is 16.5. The van der Waals surface area contributed by atoms with Crippen molar-refractivity contribution in [1.82, 2.24) is 0 Å². The second-order valence-electron chi connectivity index (χ2n) is 4.83. The first-order valence-electron chi connectivity index (χ1n) is 7.47. The molecule has 0 aliphatic rings. The van der Waals surface area contributed by atoms with E-state index in [0.717, 1.165) is 5.56 Å². The highest BCUT2D eigenvalue weighted by Gasteiger charge is 2.07. The molecule has 0 amide bonds. The third-order valence-electron chi connectivity index (χ3n) is 2.96. The minimum absolute atomic E-state index is 0.333. The van der Waals surface area contributed by atoms with Gasteiger partial charge in [-0.3, -0.25) is 0 Å². The van der Waals surface area contributed by atoms with Gasteiger partial charge in [-0.2, -0.15) is 0 Å². The lowest BCUT2D eigenvalue weighted by Gasteiger charge is -2.12. The smallest absolute Gasteiger partial charge is 0.334 e. The van der Waals surface area contributed by atoms with E-state index in [1.54, 1.807) is 19.9 Å². The van der Waals surface area contributed by atoms with Crippen LogP contribution in [0.1, 0.15) is 19.4 Å². The molecule has 2 rings (SSSR count). The van der Waals surface area contributed by atoms with E-state index in [2.05, 4.69) is 0 Å². The van der Waals surface area contributed by atoms with Crippen LogP contribution in [-0.4, -0.2) is 12.6 Å². The summed E-state index contributed by atoms with van der Waals surface area (Å²) in [5.74, 6) is 1.20. The van der Waals surface area contributed by atoms with Crippen molar-refractivity contribution in [2.24, 2.45) is 0 Å². The van der Waals surface area contributed by atoms with Crippen LogP contribution in [0.2, 0.25) is 0 Å². The molecule has 0 aromatic heterocycles. The Morgan fingerprint density at radius 3 is 2.35 bits per heavy atom. The fourth-order valence-electron chi connectivity index (χ4n) is 1.94. The summed E-state index contributed by atoms with van der Waals surface area (Å²) >= 11 is 0. The van der Waals surface area contributed by atoms with Crippen LogP contribution in [0.15, 0.2) is 66.4 Å². The van der Waals surface area contributed by atoms with Gasteiger partial charge in [-0.1, -0.05) is 42.5 Å². The molecule has 4 nitrogen and oxygen atoms in total. The average Bonchev–Trinajstić information content (AvgIpc) is 2.55. The Morgan fingerprint density at radius 1 is 1.00 bits per heavy atom. The largest absolute Gasteiger partial charge is 0.485 e. The summed E-state index contributed by atoms with van der Waals surface area (Å²) in [5.41, 5.74) is 1.07. The molecule has 0 N–H and O–H groups in total. The van der Waals surface area contributed by atoms with Crippen molar-refractivity contribution in [3.63, 3.8) is 0 Å². The van der Waals surface area contributed by atoms with Gasteiger partial charge in [-0.05, 0) is 31.5 Å². The van der Waals surface area contributed by atoms with Gasteiger partial charge < -0.3 is 14.2 Å². The number of hydrogen-bond donors (Lipinski definition) is 0. The van der Waals surface area contributed by atoms with Crippen molar-refractivity contribution in [3.05, 3.63) is 72.0 Å². The lowest BCUT2D eigenvalue weighted by atomic mass is 10.2. The molecule has 120 valence electrons. The molecule has 0 saturated carbocycles. The first-order chi connectivity index (χ1) is 11.2. The number of para-hydroxylation sites is 2. The molecule has 0 radical (unpaired) electrons. The van der Waals surface area contributed by atoms with Gasteiger partial charge in [-0.25, -0.2) is 4.79 Å². The van der Waals surface area contributed by atoms with Crippen molar-refractivity contribution in [2.75, 3.05) is 6.61 Å². The van der Waals surface area contributed by atoms with Gasteiger partial charge in [0.25, 0.3) is 0 Å². The van der Waals surface area contributed by atoms with Crippen molar-refractivity contribution in [2.45, 2.75) is 20.5 Å². The van der Waals surface area contributed by atoms with E-state index in [1.165, 1.54) is 6.08 Å². The van der Waals surface area contributed by atoms with E-state index in [-0.39, 0.29) is 0 Å². The van der Waals surface area contributed by atoms with Crippen molar-refractivity contribution in [1.29, 1.82) is 0 Å². The topological polar surface area (TPSA) is 44.8 Å². The van der Waals surface area contributed by atoms with E-state index < -0.39 is 5.97 Å². The van der Waals surface area contributed by atoms with Gasteiger partial charge in [0.05, 0.1) is 12.7 Å². The molecule has 2 aromatic carbocycles. The normalized spacial score (nSPS) is 11.0. The molecule has 0 atom stereocenters. The highest BCUT2D eigenvalue weighted by Crippen LogP contribution is 2.28. The average molecular weight is 312 g/mol. The van der Waals surface area contributed by atoms with Crippen LogP contribution < -0.4 is 9.47 Å². The Bertz CT molecular complexity index is 662. The van der Waals surface area contributed by atoms with Crippen LogP contribution in [0, 0.1) is 0 Å². The monoisotopic (exact) mass is 312 g/mol. The number of hydrogen-bond acceptors (Lipinski definition) is 4. The Labute approximate surface area is 136 Å². The van der Waals surface area contributed by atoms with E-state index in [1.807, 2.05) is 48.5 Å². The standard InChI is InChI=1S/C19H20O4/c1-3-21-19(20)13-15(2)23-18-12-8-7-11-17(18)22-14-16-9-5-4-6-10-16/h4-13H,3,14H2,1-2H3. The molecule has 23 heavy (non-hydrogen) atoms. The van der Waals surface area contributed by atoms with E-state index >= 15 is 0 Å². The van der Waals surface area contributed by atoms with E-state index in [0.29, 0.717) is 30.5 Å². The minimum atomic E-state index is -0.423. The molecule has 2 aromatic rings. The maximum atomic E-state index is 11.4. The zero-order valence-electron chi connectivity index (χ0n) is 13.3. The number of benzene rings is 2.